The van der Waals surface area contributed by atoms with Crippen LogP contribution in [0.3, 0.4) is 0 Å². The van der Waals surface area contributed by atoms with Gasteiger partial charge >= 0.3 is 12.2 Å². The van der Waals surface area contributed by atoms with E-state index < -0.39 is 11.4 Å². The molecule has 2 amide bonds. The van der Waals surface area contributed by atoms with E-state index in [1.54, 1.807) is 40.5 Å². The van der Waals surface area contributed by atoms with Crippen LogP contribution in [0.2, 0.25) is 0 Å². The summed E-state index contributed by atoms with van der Waals surface area (Å²) in [5.74, 6) is 0.616. The second kappa shape index (κ2) is 41.0. The van der Waals surface area contributed by atoms with E-state index in [1.165, 1.54) is 18.2 Å². The van der Waals surface area contributed by atoms with Crippen molar-refractivity contribution in [1.82, 2.24) is 40.7 Å². The molecular formula is C87H102Br2ClF3N16O5. The Labute approximate surface area is 690 Å². The number of nitrogens with two attached hydrogens (primary N) is 1. The molecule has 5 aliphatic heterocycles. The Kier molecular flexibility index (Phi) is 31.8. The predicted octanol–water partition coefficient (Wildman–Crippen LogP) is 16.2. The van der Waals surface area contributed by atoms with Gasteiger partial charge in [-0.05, 0) is 194 Å². The summed E-state index contributed by atoms with van der Waals surface area (Å²) in [6.07, 6.45) is 8.29. The Morgan fingerprint density at radius 1 is 0.526 bits per heavy atom. The van der Waals surface area contributed by atoms with Crippen LogP contribution < -0.4 is 41.3 Å². The Balaban J connectivity index is 0.000000177. The summed E-state index contributed by atoms with van der Waals surface area (Å²) in [5, 5.41) is 41.4. The lowest BCUT2D eigenvalue weighted by molar-refractivity contribution is 0.0223. The molecule has 6 atom stereocenters. The van der Waals surface area contributed by atoms with Crippen molar-refractivity contribution in [2.45, 2.75) is 124 Å². The molecule has 0 aliphatic carbocycles. The van der Waals surface area contributed by atoms with E-state index in [0.717, 1.165) is 145 Å². The molecule has 114 heavy (non-hydrogen) atoms. The van der Waals surface area contributed by atoms with Crippen LogP contribution in [0, 0.1) is 69.2 Å². The minimum Gasteiger partial charge on any atom is -0.444 e. The number of ether oxygens (including phenoxy) is 2. The van der Waals surface area contributed by atoms with E-state index >= 15 is 4.39 Å². The monoisotopic (exact) mass is 1700 g/mol. The smallest absolute Gasteiger partial charge is 0.410 e. The van der Waals surface area contributed by atoms with Gasteiger partial charge < -0.3 is 60.6 Å². The minimum absolute atomic E-state index is 0. The van der Waals surface area contributed by atoms with Gasteiger partial charge in [0.25, 0.3) is 0 Å². The fourth-order valence-electron chi connectivity index (χ4n) is 14.9. The number of hydrogen-bond acceptors (Lipinski definition) is 19. The number of nitriles is 3. The third-order valence-corrected chi connectivity index (χ3v) is 21.0. The number of pyridine rings is 3. The molecule has 6 aromatic carbocycles. The first-order valence-electron chi connectivity index (χ1n) is 38.4. The number of hydrogen-bond donors (Lipinski definition) is 4. The van der Waals surface area contributed by atoms with Crippen LogP contribution in [0.4, 0.5) is 45.5 Å². The van der Waals surface area contributed by atoms with Gasteiger partial charge in [0.05, 0.1) is 38.8 Å². The van der Waals surface area contributed by atoms with Gasteiger partial charge in [0.15, 0.2) is 6.29 Å². The molecule has 0 saturated carbocycles. The largest absolute Gasteiger partial charge is 0.444 e. The number of rotatable bonds is 11. The molecule has 0 unspecified atom stereocenters. The zero-order chi connectivity index (χ0) is 81.1. The van der Waals surface area contributed by atoms with E-state index in [9.17, 15) is 39.0 Å². The number of fused-ring (bicyclic) bond motifs is 3. The van der Waals surface area contributed by atoms with Crippen LogP contribution in [0.5, 0.6) is 0 Å². The Hall–Kier alpha value is -9.69. The number of aldehydes is 1. The first-order valence-corrected chi connectivity index (χ1v) is 40.0. The number of amides is 2. The third kappa shape index (κ3) is 24.4. The maximum Gasteiger partial charge on any atom is 0.410 e. The van der Waals surface area contributed by atoms with Crippen molar-refractivity contribution in [3.05, 3.63) is 206 Å². The Morgan fingerprint density at radius 3 is 1.32 bits per heavy atom. The number of benzene rings is 6. The molecule has 5 saturated heterocycles. The van der Waals surface area contributed by atoms with Gasteiger partial charge in [-0.1, -0.05) is 64.8 Å². The highest BCUT2D eigenvalue weighted by Crippen LogP contribution is 2.36. The van der Waals surface area contributed by atoms with Crippen molar-refractivity contribution < 1.29 is 37.0 Å². The van der Waals surface area contributed by atoms with Crippen LogP contribution in [-0.4, -0.2) is 164 Å². The van der Waals surface area contributed by atoms with Crippen LogP contribution in [-0.2, 0) is 22.6 Å². The van der Waals surface area contributed by atoms with Crippen molar-refractivity contribution in [2.24, 2.45) is 23.5 Å². The number of anilines is 4. The fourth-order valence-corrected chi connectivity index (χ4v) is 15.5. The lowest BCUT2D eigenvalue weighted by atomic mass is 9.94. The molecule has 5 aliphatic rings. The number of carbonyl (C=O) groups excluding carboxylic acids is 3. The lowest BCUT2D eigenvalue weighted by Crippen LogP contribution is -2.50. The van der Waals surface area contributed by atoms with Gasteiger partial charge in [-0.3, -0.25) is 19.7 Å². The van der Waals surface area contributed by atoms with E-state index in [1.807, 2.05) is 139 Å². The van der Waals surface area contributed by atoms with Crippen molar-refractivity contribution in [3.63, 3.8) is 0 Å². The number of aromatic nitrogens is 3. The maximum absolute atomic E-state index is 15.2. The topological polar surface area (TPSA) is 261 Å². The molecule has 14 rings (SSSR count). The van der Waals surface area contributed by atoms with Gasteiger partial charge in [-0.2, -0.15) is 15.8 Å². The number of piperidine rings is 3. The molecule has 602 valence electrons. The molecule has 8 heterocycles. The van der Waals surface area contributed by atoms with Crippen LogP contribution in [0.15, 0.2) is 155 Å². The van der Waals surface area contributed by atoms with Crippen LogP contribution >= 0.6 is 44.3 Å². The molecule has 21 nitrogen and oxygen atoms in total. The summed E-state index contributed by atoms with van der Waals surface area (Å²) in [7, 11) is 0. The number of nitrogens with one attached hydrogen (secondary N) is 3. The summed E-state index contributed by atoms with van der Waals surface area (Å²) < 4.78 is 54.1. The molecule has 5 N–H and O–H groups in total. The van der Waals surface area contributed by atoms with Gasteiger partial charge in [0, 0.05) is 200 Å². The highest BCUT2D eigenvalue weighted by atomic mass is 79.9. The molecule has 0 radical (unpaired) electrons. The van der Waals surface area contributed by atoms with Crippen LogP contribution in [0.1, 0.15) is 120 Å². The minimum atomic E-state index is -0.523. The Morgan fingerprint density at radius 2 is 0.921 bits per heavy atom. The van der Waals surface area contributed by atoms with Crippen molar-refractivity contribution in [3.8, 4) is 18.2 Å². The molecule has 5 fully saturated rings. The molecule has 27 heteroatoms. The standard InChI is InChI=1S/C32H39FN6O2.C23H22BrFN4.C16H18N4.C9H18N2O2.C7H4BrFO.ClH/c1-22-16-25(21-39(20-22)29-10-8-23(18-34)30-27(29)6-5-11-35-30)36-19-24-7-9-26(17-28(24)33)37-12-14-38(15-13-37)31(40)41-32(2,3)4;1-15-9-19(28-12-17-4-6-18(24)10-21(17)25)14-29(13-15)22-7-5-16(11-26)23-20(22)3-2-8-27-23;1-11-7-13(18)10-20(9-11)15-5-4-12(8-17)16-14(15)3-2-6-19-16;1-9(2,3)13-8(12)11-6-4-10-5-7-11;8-6-2-1-5(4-10)7(9)3-6;/h5-11,17,22,25,36H,12-16,19-21H2,1-4H3;2-8,10,15,19,28H,9,12-14H2,1H3;2-6,11,13H,7,9-10,18H2,1H3;10H,4-7H2,1-3H3;1-4H;1H/t22-,25+;15-,19+;11-,13+;;;/m000.../s1. The van der Waals surface area contributed by atoms with Crippen molar-refractivity contribution in [1.29, 1.82) is 15.8 Å². The summed E-state index contributed by atoms with van der Waals surface area (Å²) in [5.41, 5.74) is 14.8. The quantitative estimate of drug-likeness (QED) is 0.0877. The van der Waals surface area contributed by atoms with Gasteiger partial charge in [-0.25, -0.2) is 22.8 Å². The van der Waals surface area contributed by atoms with Gasteiger partial charge in [-0.15, -0.1) is 12.4 Å². The van der Waals surface area contributed by atoms with E-state index in [4.69, 9.17) is 15.2 Å². The highest BCUT2D eigenvalue weighted by Gasteiger charge is 2.32. The van der Waals surface area contributed by atoms with E-state index in [0.29, 0.717) is 95.6 Å². The van der Waals surface area contributed by atoms with Crippen molar-refractivity contribution >= 4 is 118 Å². The lowest BCUT2D eigenvalue weighted by Gasteiger charge is -2.39. The second-order valence-electron chi connectivity index (χ2n) is 31.6. The molecular weight excluding hydrogens is 1600 g/mol. The van der Waals surface area contributed by atoms with Gasteiger partial charge in [0.1, 0.15) is 46.9 Å². The number of piperazine rings is 2. The molecule has 9 aromatic rings. The summed E-state index contributed by atoms with van der Waals surface area (Å²) in [6, 6.07) is 45.7. The average molecular weight is 1700 g/mol. The first-order chi connectivity index (χ1) is 54.1. The first kappa shape index (κ1) is 88.3. The fraction of sp³-hybridized carbons (Fsp3) is 0.414. The van der Waals surface area contributed by atoms with Gasteiger partial charge in [0.2, 0.25) is 0 Å². The highest BCUT2D eigenvalue weighted by molar-refractivity contribution is 9.10. The number of nitrogens with zero attached hydrogens (tertiary/aromatic N) is 12. The molecule has 0 spiro atoms. The van der Waals surface area contributed by atoms with Crippen LogP contribution in [0.25, 0.3) is 32.7 Å². The zero-order valence-corrected chi connectivity index (χ0v) is 70.1. The van der Waals surface area contributed by atoms with Crippen molar-refractivity contribution in [2.75, 3.05) is 111 Å². The predicted molar refractivity (Wildman–Crippen MR) is 455 cm³/mol. The summed E-state index contributed by atoms with van der Waals surface area (Å²) >= 11 is 6.37. The normalized spacial score (nSPS) is 18.9. The number of halogens is 6. The zero-order valence-electron chi connectivity index (χ0n) is 66.1. The number of carbonyl (C=O) groups is 3. The molecule has 0 bridgehead atoms. The second-order valence-corrected chi connectivity index (χ2v) is 33.4. The molecule has 3 aromatic heterocycles. The summed E-state index contributed by atoms with van der Waals surface area (Å²) in [6.45, 7) is 29.8. The van der Waals surface area contributed by atoms with E-state index in [2.05, 4.69) is 121 Å². The Bertz CT molecular complexity index is 4910. The summed E-state index contributed by atoms with van der Waals surface area (Å²) in [4.78, 5) is 59.8. The maximum atomic E-state index is 15.2. The third-order valence-electron chi connectivity index (χ3n) is 20.0. The SMILES string of the molecule is CC(C)(C)OC(=O)N1CCNCC1.C[C@H]1C[C@@H](N)CN(c2ccc(C#N)c3ncccc23)C1.C[C@H]1C[C@@H](NCc2ccc(Br)cc2F)CN(c2ccc(C#N)c3ncccc23)C1.C[C@H]1C[C@@H](NCc2ccc(N3CCN(C(=O)OC(C)(C)C)CC3)cc2F)CN(c2ccc(C#N)c3ncccc23)C1.Cl.O=Cc1ccc(Br)cc1F. The average Bonchev–Trinajstić information content (AvgIpc) is 1.66. The van der Waals surface area contributed by atoms with E-state index in [-0.39, 0.29) is 65.5 Å².